The summed E-state index contributed by atoms with van der Waals surface area (Å²) in [6.45, 7) is 7.04. The van der Waals surface area contributed by atoms with Crippen LogP contribution in [0.25, 0.3) is 0 Å². The molecule has 0 aliphatic carbocycles. The van der Waals surface area contributed by atoms with E-state index >= 15 is 0 Å². The van der Waals surface area contributed by atoms with Crippen LogP contribution < -0.4 is 9.47 Å². The maximum Gasteiger partial charge on any atom is 0.343 e. The average molecular weight is 296 g/mol. The summed E-state index contributed by atoms with van der Waals surface area (Å²) in [7, 11) is 0. The molecule has 2 aromatic rings. The first-order valence-electron chi connectivity index (χ1n) is 6.73. The molecule has 0 aromatic heterocycles. The molecule has 0 radical (unpaired) electrons. The first kappa shape index (κ1) is 15.5. The first-order chi connectivity index (χ1) is 10.5. The Morgan fingerprint density at radius 2 is 1.68 bits per heavy atom. The van der Waals surface area contributed by atoms with Gasteiger partial charge in [-0.25, -0.2) is 9.59 Å². The van der Waals surface area contributed by atoms with Gasteiger partial charge in [-0.2, -0.15) is 0 Å². The monoisotopic (exact) mass is 296 g/mol. The van der Waals surface area contributed by atoms with Crippen LogP contribution in [0, 0.1) is 13.8 Å². The molecule has 4 nitrogen and oxygen atoms in total. The molecule has 0 bridgehead atoms. The van der Waals surface area contributed by atoms with Crippen LogP contribution in [-0.4, -0.2) is 11.9 Å². The van der Waals surface area contributed by atoms with Crippen molar-refractivity contribution in [2.24, 2.45) is 0 Å². The highest BCUT2D eigenvalue weighted by atomic mass is 16.5. The molecule has 22 heavy (non-hydrogen) atoms. The molecule has 2 aromatic carbocycles. The fourth-order valence-electron chi connectivity index (χ4n) is 1.81. The van der Waals surface area contributed by atoms with Gasteiger partial charge >= 0.3 is 11.9 Å². The van der Waals surface area contributed by atoms with Crippen LogP contribution in [0.4, 0.5) is 0 Å². The normalized spacial score (nSPS) is 9.91. The number of esters is 2. The lowest BCUT2D eigenvalue weighted by Gasteiger charge is -2.08. The molecule has 0 atom stereocenters. The Kier molecular flexibility index (Phi) is 4.73. The van der Waals surface area contributed by atoms with Crippen molar-refractivity contribution in [3.63, 3.8) is 0 Å². The number of benzene rings is 2. The van der Waals surface area contributed by atoms with Crippen molar-refractivity contribution in [3.8, 4) is 11.5 Å². The van der Waals surface area contributed by atoms with Crippen molar-refractivity contribution in [2.45, 2.75) is 13.8 Å². The van der Waals surface area contributed by atoms with Gasteiger partial charge in [0.05, 0.1) is 5.56 Å². The number of hydrogen-bond acceptors (Lipinski definition) is 4. The van der Waals surface area contributed by atoms with Gasteiger partial charge < -0.3 is 9.47 Å². The first-order valence-corrected chi connectivity index (χ1v) is 6.73. The van der Waals surface area contributed by atoms with Gasteiger partial charge in [-0.1, -0.05) is 24.3 Å². The molecule has 0 spiro atoms. The minimum Gasteiger partial charge on any atom is -0.423 e. The maximum absolute atomic E-state index is 12.1. The Morgan fingerprint density at radius 3 is 2.27 bits per heavy atom. The molecule has 4 heteroatoms. The summed E-state index contributed by atoms with van der Waals surface area (Å²) in [5.41, 5.74) is 2.13. The molecular weight excluding hydrogens is 280 g/mol. The summed E-state index contributed by atoms with van der Waals surface area (Å²) in [6, 6.07) is 11.9. The summed E-state index contributed by atoms with van der Waals surface area (Å²) < 4.78 is 10.3. The third-order valence-electron chi connectivity index (χ3n) is 3.02. The zero-order chi connectivity index (χ0) is 16.1. The number of carbonyl (C=O) groups excluding carboxylic acids is 2. The Hall–Kier alpha value is -2.88. The van der Waals surface area contributed by atoms with Gasteiger partial charge in [0.1, 0.15) is 11.5 Å². The van der Waals surface area contributed by atoms with E-state index < -0.39 is 11.9 Å². The number of hydrogen-bond donors (Lipinski definition) is 0. The van der Waals surface area contributed by atoms with E-state index in [2.05, 4.69) is 6.58 Å². The Labute approximate surface area is 129 Å². The standard InChI is InChI=1S/C18H16O4/c1-4-17(19)22-16-10-7-14(11-13(16)3)18(20)21-15-8-5-12(2)6-9-15/h4-11H,1H2,2-3H3. The lowest BCUT2D eigenvalue weighted by molar-refractivity contribution is -0.129. The fourth-order valence-corrected chi connectivity index (χ4v) is 1.81. The topological polar surface area (TPSA) is 52.6 Å². The summed E-state index contributed by atoms with van der Waals surface area (Å²) in [5, 5.41) is 0. The molecule has 0 amide bonds. The third-order valence-corrected chi connectivity index (χ3v) is 3.02. The molecule has 0 saturated carbocycles. The molecule has 0 heterocycles. The highest BCUT2D eigenvalue weighted by molar-refractivity contribution is 5.91. The van der Waals surface area contributed by atoms with E-state index in [1.165, 1.54) is 0 Å². The molecule has 112 valence electrons. The minimum absolute atomic E-state index is 0.386. The predicted octanol–water partition coefficient (Wildman–Crippen LogP) is 3.61. The molecule has 0 unspecified atom stereocenters. The van der Waals surface area contributed by atoms with Crippen molar-refractivity contribution in [2.75, 3.05) is 0 Å². The van der Waals surface area contributed by atoms with E-state index in [4.69, 9.17) is 9.47 Å². The van der Waals surface area contributed by atoms with Gasteiger partial charge in [-0.05, 0) is 49.7 Å². The van der Waals surface area contributed by atoms with Crippen molar-refractivity contribution in [1.82, 2.24) is 0 Å². The lowest BCUT2D eigenvalue weighted by Crippen LogP contribution is -2.10. The van der Waals surface area contributed by atoms with Crippen molar-refractivity contribution in [1.29, 1.82) is 0 Å². The second kappa shape index (κ2) is 6.72. The molecule has 0 fully saturated rings. The maximum atomic E-state index is 12.1. The van der Waals surface area contributed by atoms with Crippen LogP contribution in [0.15, 0.2) is 55.1 Å². The highest BCUT2D eigenvalue weighted by Gasteiger charge is 2.12. The van der Waals surface area contributed by atoms with Gasteiger partial charge in [0.25, 0.3) is 0 Å². The average Bonchev–Trinajstić information content (AvgIpc) is 2.51. The van der Waals surface area contributed by atoms with Crippen LogP contribution in [0.3, 0.4) is 0 Å². The van der Waals surface area contributed by atoms with E-state index in [0.29, 0.717) is 22.6 Å². The number of carbonyl (C=O) groups is 2. The van der Waals surface area contributed by atoms with Gasteiger partial charge in [0.2, 0.25) is 0 Å². The van der Waals surface area contributed by atoms with E-state index in [-0.39, 0.29) is 0 Å². The number of ether oxygens (including phenoxy) is 2. The third kappa shape index (κ3) is 3.82. The van der Waals surface area contributed by atoms with Crippen LogP contribution in [0.1, 0.15) is 21.5 Å². The van der Waals surface area contributed by atoms with Crippen molar-refractivity contribution < 1.29 is 19.1 Å². The Morgan fingerprint density at radius 1 is 1.00 bits per heavy atom. The van der Waals surface area contributed by atoms with Crippen LogP contribution in [0.5, 0.6) is 11.5 Å². The number of rotatable bonds is 4. The van der Waals surface area contributed by atoms with Crippen LogP contribution in [0.2, 0.25) is 0 Å². The van der Waals surface area contributed by atoms with E-state index in [1.54, 1.807) is 37.3 Å². The predicted molar refractivity (Wildman–Crippen MR) is 83.1 cm³/mol. The van der Waals surface area contributed by atoms with Crippen LogP contribution in [-0.2, 0) is 4.79 Å². The molecule has 0 aliphatic rings. The van der Waals surface area contributed by atoms with Crippen LogP contribution >= 0.6 is 0 Å². The van der Waals surface area contributed by atoms with E-state index in [9.17, 15) is 9.59 Å². The Bertz CT molecular complexity index is 714. The lowest BCUT2D eigenvalue weighted by atomic mass is 10.1. The summed E-state index contributed by atoms with van der Waals surface area (Å²) >= 11 is 0. The smallest absolute Gasteiger partial charge is 0.343 e. The van der Waals surface area contributed by atoms with Crippen molar-refractivity contribution in [3.05, 3.63) is 71.8 Å². The van der Waals surface area contributed by atoms with Gasteiger partial charge in [0, 0.05) is 6.08 Å². The van der Waals surface area contributed by atoms with Gasteiger partial charge in [-0.15, -0.1) is 0 Å². The highest BCUT2D eigenvalue weighted by Crippen LogP contribution is 2.21. The SMILES string of the molecule is C=CC(=O)Oc1ccc(C(=O)Oc2ccc(C)cc2)cc1C. The van der Waals surface area contributed by atoms with E-state index in [1.807, 2.05) is 19.1 Å². The zero-order valence-corrected chi connectivity index (χ0v) is 12.5. The largest absolute Gasteiger partial charge is 0.423 e. The Balaban J connectivity index is 2.13. The minimum atomic E-state index is -0.543. The fraction of sp³-hybridized carbons (Fsp3) is 0.111. The molecule has 2 rings (SSSR count). The summed E-state index contributed by atoms with van der Waals surface area (Å²) in [5.74, 6) is -0.140. The second-order valence-corrected chi connectivity index (χ2v) is 4.81. The second-order valence-electron chi connectivity index (χ2n) is 4.81. The van der Waals surface area contributed by atoms with Gasteiger partial charge in [-0.3, -0.25) is 0 Å². The molecule has 0 N–H and O–H groups in total. The summed E-state index contributed by atoms with van der Waals surface area (Å²) in [4.78, 5) is 23.3. The molecule has 0 aliphatic heterocycles. The number of aryl methyl sites for hydroxylation is 2. The zero-order valence-electron chi connectivity index (χ0n) is 12.5. The summed E-state index contributed by atoms with van der Waals surface area (Å²) in [6.07, 6.45) is 1.08. The van der Waals surface area contributed by atoms with Gasteiger partial charge in [0.15, 0.2) is 0 Å². The van der Waals surface area contributed by atoms with Crippen molar-refractivity contribution >= 4 is 11.9 Å². The van der Waals surface area contributed by atoms with E-state index in [0.717, 1.165) is 11.6 Å². The molecular formula is C18H16O4. The quantitative estimate of drug-likeness (QED) is 0.491. The molecule has 0 saturated heterocycles.